The van der Waals surface area contributed by atoms with Gasteiger partial charge < -0.3 is 5.32 Å². The monoisotopic (exact) mass is 426 g/mol. The van der Waals surface area contributed by atoms with E-state index in [9.17, 15) is 17.6 Å². The third-order valence-electron chi connectivity index (χ3n) is 4.65. The van der Waals surface area contributed by atoms with E-state index in [4.69, 9.17) is 0 Å². The number of halogens is 1. The van der Waals surface area contributed by atoms with Crippen molar-refractivity contribution in [3.63, 3.8) is 0 Å². The second kappa shape index (κ2) is 8.67. The van der Waals surface area contributed by atoms with Crippen molar-refractivity contribution in [3.8, 4) is 0 Å². The first-order valence-electron chi connectivity index (χ1n) is 9.39. The standard InChI is InChI=1S/C23H23FN2O3S/c1-16-4-11-21(12-5-16)30(28,29)26(22-13-6-17(2)14-18(22)3)15-23(27)25-20-9-7-19(24)8-10-20/h4-14H,15H2,1-3H3,(H,25,27). The molecule has 3 aromatic rings. The minimum absolute atomic E-state index is 0.0997. The van der Waals surface area contributed by atoms with Crippen molar-refractivity contribution in [3.05, 3.63) is 89.2 Å². The Morgan fingerprint density at radius 2 is 1.50 bits per heavy atom. The molecule has 30 heavy (non-hydrogen) atoms. The van der Waals surface area contributed by atoms with Gasteiger partial charge in [0.25, 0.3) is 10.0 Å². The smallest absolute Gasteiger partial charge is 0.264 e. The lowest BCUT2D eigenvalue weighted by Crippen LogP contribution is -2.38. The van der Waals surface area contributed by atoms with Crippen LogP contribution < -0.4 is 9.62 Å². The summed E-state index contributed by atoms with van der Waals surface area (Å²) in [5.74, 6) is -0.955. The first-order valence-corrected chi connectivity index (χ1v) is 10.8. The zero-order valence-electron chi connectivity index (χ0n) is 17.0. The lowest BCUT2D eigenvalue weighted by Gasteiger charge is -2.26. The molecule has 0 spiro atoms. The lowest BCUT2D eigenvalue weighted by atomic mass is 10.1. The van der Waals surface area contributed by atoms with E-state index >= 15 is 0 Å². The summed E-state index contributed by atoms with van der Waals surface area (Å²) in [6.07, 6.45) is 0. The first kappa shape index (κ1) is 21.5. The Bertz CT molecular complexity index is 1160. The molecule has 1 N–H and O–H groups in total. The van der Waals surface area contributed by atoms with E-state index in [-0.39, 0.29) is 4.90 Å². The number of carbonyl (C=O) groups excluding carboxylic acids is 1. The number of hydrogen-bond donors (Lipinski definition) is 1. The SMILES string of the molecule is Cc1ccc(S(=O)(=O)N(CC(=O)Nc2ccc(F)cc2)c2ccc(C)cc2C)cc1. The Hall–Kier alpha value is -3.19. The van der Waals surface area contributed by atoms with Crippen molar-refractivity contribution in [1.82, 2.24) is 0 Å². The number of aryl methyl sites for hydroxylation is 3. The summed E-state index contributed by atoms with van der Waals surface area (Å²) in [6.45, 7) is 5.17. The van der Waals surface area contributed by atoms with Gasteiger partial charge in [-0.25, -0.2) is 12.8 Å². The number of carbonyl (C=O) groups is 1. The van der Waals surface area contributed by atoms with Crippen LogP contribution in [0.4, 0.5) is 15.8 Å². The molecule has 0 saturated carbocycles. The molecule has 3 rings (SSSR count). The van der Waals surface area contributed by atoms with Gasteiger partial charge in [0, 0.05) is 5.69 Å². The van der Waals surface area contributed by atoms with Gasteiger partial charge in [-0.1, -0.05) is 35.4 Å². The fourth-order valence-corrected chi connectivity index (χ4v) is 4.57. The van der Waals surface area contributed by atoms with Gasteiger partial charge in [-0.15, -0.1) is 0 Å². The van der Waals surface area contributed by atoms with Gasteiger partial charge in [-0.05, 0) is 68.8 Å². The average molecular weight is 427 g/mol. The highest BCUT2D eigenvalue weighted by atomic mass is 32.2. The van der Waals surface area contributed by atoms with E-state index in [1.165, 1.54) is 36.4 Å². The normalized spacial score (nSPS) is 11.2. The molecule has 0 unspecified atom stereocenters. The molecule has 0 aliphatic rings. The molecule has 0 aliphatic heterocycles. The van der Waals surface area contributed by atoms with Crippen LogP contribution in [0.15, 0.2) is 71.6 Å². The van der Waals surface area contributed by atoms with Crippen molar-refractivity contribution in [2.75, 3.05) is 16.2 Å². The second-order valence-electron chi connectivity index (χ2n) is 7.17. The van der Waals surface area contributed by atoms with Crippen LogP contribution in [0.2, 0.25) is 0 Å². The molecule has 0 aromatic heterocycles. The minimum Gasteiger partial charge on any atom is -0.325 e. The molecule has 0 saturated heterocycles. The molecule has 7 heteroatoms. The number of hydrogen-bond acceptors (Lipinski definition) is 3. The van der Waals surface area contributed by atoms with Crippen LogP contribution in [0.5, 0.6) is 0 Å². The van der Waals surface area contributed by atoms with Crippen LogP contribution >= 0.6 is 0 Å². The van der Waals surface area contributed by atoms with Gasteiger partial charge in [0.05, 0.1) is 10.6 Å². The zero-order valence-corrected chi connectivity index (χ0v) is 17.8. The molecule has 0 heterocycles. The van der Waals surface area contributed by atoms with Gasteiger partial charge in [0.2, 0.25) is 5.91 Å². The number of sulfonamides is 1. The van der Waals surface area contributed by atoms with Crippen molar-refractivity contribution in [2.24, 2.45) is 0 Å². The zero-order chi connectivity index (χ0) is 21.9. The molecule has 0 atom stereocenters. The molecule has 156 valence electrons. The number of nitrogens with zero attached hydrogens (tertiary/aromatic N) is 1. The number of rotatable bonds is 6. The van der Waals surface area contributed by atoms with Crippen molar-refractivity contribution in [2.45, 2.75) is 25.7 Å². The molecule has 0 fully saturated rings. The minimum atomic E-state index is -3.99. The van der Waals surface area contributed by atoms with Crippen LogP contribution in [-0.2, 0) is 14.8 Å². The van der Waals surface area contributed by atoms with Crippen molar-refractivity contribution >= 4 is 27.3 Å². The summed E-state index contributed by atoms with van der Waals surface area (Å²) in [5.41, 5.74) is 3.46. The van der Waals surface area contributed by atoms with Crippen molar-refractivity contribution < 1.29 is 17.6 Å². The van der Waals surface area contributed by atoms with E-state index < -0.39 is 28.3 Å². The Kier molecular flexibility index (Phi) is 6.22. The molecule has 1 amide bonds. The van der Waals surface area contributed by atoms with Crippen LogP contribution in [0.1, 0.15) is 16.7 Å². The predicted octanol–water partition coefficient (Wildman–Crippen LogP) is 4.58. The van der Waals surface area contributed by atoms with Crippen LogP contribution in [-0.4, -0.2) is 20.9 Å². The topological polar surface area (TPSA) is 66.5 Å². The van der Waals surface area contributed by atoms with Gasteiger partial charge >= 0.3 is 0 Å². The fourth-order valence-electron chi connectivity index (χ4n) is 3.09. The molecule has 3 aromatic carbocycles. The average Bonchev–Trinajstić information content (AvgIpc) is 2.69. The molecule has 0 radical (unpaired) electrons. The molecule has 5 nitrogen and oxygen atoms in total. The largest absolute Gasteiger partial charge is 0.325 e. The Morgan fingerprint density at radius 3 is 2.10 bits per heavy atom. The summed E-state index contributed by atoms with van der Waals surface area (Å²) in [4.78, 5) is 12.8. The van der Waals surface area contributed by atoms with Crippen molar-refractivity contribution in [1.29, 1.82) is 0 Å². The van der Waals surface area contributed by atoms with Gasteiger partial charge in [0.1, 0.15) is 12.4 Å². The highest BCUT2D eigenvalue weighted by Gasteiger charge is 2.28. The van der Waals surface area contributed by atoms with Crippen LogP contribution in [0, 0.1) is 26.6 Å². The van der Waals surface area contributed by atoms with Gasteiger partial charge in [-0.3, -0.25) is 9.10 Å². The number of amides is 1. The Labute approximate surface area is 176 Å². The number of benzene rings is 3. The van der Waals surface area contributed by atoms with Gasteiger partial charge in [-0.2, -0.15) is 0 Å². The van der Waals surface area contributed by atoms with E-state index in [1.54, 1.807) is 31.2 Å². The molecular weight excluding hydrogens is 403 g/mol. The van der Waals surface area contributed by atoms with E-state index in [0.29, 0.717) is 11.4 Å². The highest BCUT2D eigenvalue weighted by molar-refractivity contribution is 7.92. The molecule has 0 bridgehead atoms. The summed E-state index contributed by atoms with van der Waals surface area (Å²) < 4.78 is 41.0. The lowest BCUT2D eigenvalue weighted by molar-refractivity contribution is -0.114. The van der Waals surface area contributed by atoms with Gasteiger partial charge in [0.15, 0.2) is 0 Å². The Balaban J connectivity index is 1.97. The second-order valence-corrected chi connectivity index (χ2v) is 9.03. The number of anilines is 2. The Morgan fingerprint density at radius 1 is 0.900 bits per heavy atom. The predicted molar refractivity (Wildman–Crippen MR) is 117 cm³/mol. The maximum atomic E-state index is 13.4. The van der Waals surface area contributed by atoms with Crippen LogP contribution in [0.25, 0.3) is 0 Å². The highest BCUT2D eigenvalue weighted by Crippen LogP contribution is 2.28. The van der Waals surface area contributed by atoms with E-state index in [0.717, 1.165) is 21.0 Å². The maximum Gasteiger partial charge on any atom is 0.264 e. The van der Waals surface area contributed by atoms with E-state index in [1.807, 2.05) is 19.9 Å². The van der Waals surface area contributed by atoms with E-state index in [2.05, 4.69) is 5.32 Å². The number of nitrogens with one attached hydrogen (secondary N) is 1. The summed E-state index contributed by atoms with van der Waals surface area (Å²) in [5, 5.41) is 2.62. The quantitative estimate of drug-likeness (QED) is 0.627. The fraction of sp³-hybridized carbons (Fsp3) is 0.174. The summed E-state index contributed by atoms with van der Waals surface area (Å²) in [7, 11) is -3.99. The third kappa shape index (κ3) is 4.86. The summed E-state index contributed by atoms with van der Waals surface area (Å²) in [6, 6.07) is 17.1. The maximum absolute atomic E-state index is 13.4. The molecular formula is C23H23FN2O3S. The first-order chi connectivity index (χ1) is 14.2. The third-order valence-corrected chi connectivity index (χ3v) is 6.42. The van der Waals surface area contributed by atoms with Crippen LogP contribution in [0.3, 0.4) is 0 Å². The summed E-state index contributed by atoms with van der Waals surface area (Å²) >= 11 is 0. The molecule has 0 aliphatic carbocycles.